The van der Waals surface area contributed by atoms with Crippen molar-refractivity contribution in [3.05, 3.63) is 61.2 Å². The van der Waals surface area contributed by atoms with E-state index in [0.717, 1.165) is 0 Å². The topological polar surface area (TPSA) is 16.8 Å². The summed E-state index contributed by atoms with van der Waals surface area (Å²) in [4.78, 5) is 4.31. The van der Waals surface area contributed by atoms with Crippen LogP contribution in [0, 0.1) is 0 Å². The molecular weight excluding hydrogens is 208 g/mol. The molecule has 2 nitrogen and oxygen atoms in total. The van der Waals surface area contributed by atoms with Gasteiger partial charge in [-0.15, -0.1) is 0 Å². The molecule has 82 valence electrons. The fraction of sp³-hybridized carbons (Fsp3) is 0.0667. The molecule has 1 aromatic carbocycles. The molecule has 0 amide bonds. The maximum absolute atomic E-state index is 4.31. The fourth-order valence-electron chi connectivity index (χ4n) is 2.09. The van der Waals surface area contributed by atoms with Crippen LogP contribution in [-0.4, -0.2) is 4.98 Å². The van der Waals surface area contributed by atoms with Gasteiger partial charge in [-0.3, -0.25) is 4.98 Å². The molecule has 0 atom stereocenters. The Morgan fingerprint density at radius 2 is 1.88 bits per heavy atom. The van der Waals surface area contributed by atoms with Gasteiger partial charge in [-0.1, -0.05) is 24.3 Å². The van der Waals surface area contributed by atoms with Crippen LogP contribution in [0.4, 0.5) is 0 Å². The summed E-state index contributed by atoms with van der Waals surface area (Å²) >= 11 is 0. The van der Waals surface area contributed by atoms with Crippen molar-refractivity contribution in [3.8, 4) is 11.1 Å². The van der Waals surface area contributed by atoms with E-state index in [0.29, 0.717) is 0 Å². The molecule has 2 aromatic heterocycles. The zero-order valence-corrected chi connectivity index (χ0v) is 9.67. The highest BCUT2D eigenvalue weighted by Gasteiger charge is 2.06. The van der Waals surface area contributed by atoms with E-state index in [1.807, 2.05) is 31.7 Å². The number of hydrogen-bond acceptors (Lipinski definition) is 1. The average molecular weight is 221 g/mol. The molecule has 2 heteroatoms. The lowest BCUT2D eigenvalue weighted by Crippen LogP contribution is -2.26. The summed E-state index contributed by atoms with van der Waals surface area (Å²) in [5.74, 6) is 0. The first kappa shape index (κ1) is 9.97. The molecule has 0 aliphatic heterocycles. The molecule has 0 radical (unpaired) electrons. The van der Waals surface area contributed by atoms with Gasteiger partial charge in [0, 0.05) is 35.0 Å². The summed E-state index contributed by atoms with van der Waals surface area (Å²) in [6.45, 7) is 0. The number of pyridine rings is 2. The van der Waals surface area contributed by atoms with Crippen LogP contribution in [0.1, 0.15) is 0 Å². The van der Waals surface area contributed by atoms with Crippen LogP contribution in [0.2, 0.25) is 0 Å². The Morgan fingerprint density at radius 1 is 1.00 bits per heavy atom. The minimum Gasteiger partial charge on any atom is -0.263 e. The van der Waals surface area contributed by atoms with Gasteiger partial charge in [0.1, 0.15) is 7.05 Å². The van der Waals surface area contributed by atoms with E-state index in [1.165, 1.54) is 21.9 Å². The molecule has 0 spiro atoms. The van der Waals surface area contributed by atoms with Crippen molar-refractivity contribution < 1.29 is 4.57 Å². The van der Waals surface area contributed by atoms with E-state index < -0.39 is 0 Å². The third-order valence-electron chi connectivity index (χ3n) is 2.92. The molecule has 0 N–H and O–H groups in total. The second-order valence-electron chi connectivity index (χ2n) is 4.17. The second kappa shape index (κ2) is 3.98. The monoisotopic (exact) mass is 221 g/mol. The number of hydrogen-bond donors (Lipinski definition) is 0. The third-order valence-corrected chi connectivity index (χ3v) is 2.92. The van der Waals surface area contributed by atoms with E-state index in [-0.39, 0.29) is 0 Å². The van der Waals surface area contributed by atoms with E-state index in [4.69, 9.17) is 0 Å². The van der Waals surface area contributed by atoms with Crippen LogP contribution in [0.5, 0.6) is 0 Å². The summed E-state index contributed by atoms with van der Waals surface area (Å²) in [6, 6.07) is 12.5. The fourth-order valence-corrected chi connectivity index (χ4v) is 2.09. The number of fused-ring (bicyclic) bond motifs is 1. The molecule has 0 aliphatic rings. The molecule has 0 saturated carbocycles. The van der Waals surface area contributed by atoms with E-state index in [1.54, 1.807) is 0 Å². The SMILES string of the molecule is C[n+]1cccc(-c2cncc3ccccc23)c1. The van der Waals surface area contributed by atoms with Gasteiger partial charge in [-0.25, -0.2) is 4.57 Å². The van der Waals surface area contributed by atoms with Crippen molar-refractivity contribution in [1.82, 2.24) is 4.98 Å². The standard InChI is InChI=1S/C15H13N2/c1-17-8-4-6-13(11-17)15-10-16-9-12-5-2-3-7-14(12)15/h2-11H,1H3/q+1. The van der Waals surface area contributed by atoms with Crippen molar-refractivity contribution >= 4 is 10.8 Å². The largest absolute Gasteiger partial charge is 0.263 e. The summed E-state index contributed by atoms with van der Waals surface area (Å²) in [7, 11) is 2.03. The first-order chi connectivity index (χ1) is 8.34. The van der Waals surface area contributed by atoms with Crippen molar-refractivity contribution in [2.24, 2.45) is 7.05 Å². The minimum absolute atomic E-state index is 1.18. The van der Waals surface area contributed by atoms with Crippen LogP contribution in [0.3, 0.4) is 0 Å². The van der Waals surface area contributed by atoms with Crippen LogP contribution in [-0.2, 0) is 7.05 Å². The quantitative estimate of drug-likeness (QED) is 0.577. The lowest BCUT2D eigenvalue weighted by Gasteiger charge is -2.04. The normalized spacial score (nSPS) is 10.6. The molecule has 0 bridgehead atoms. The van der Waals surface area contributed by atoms with E-state index in [2.05, 4.69) is 46.1 Å². The molecule has 0 fully saturated rings. The van der Waals surface area contributed by atoms with Crippen molar-refractivity contribution in [3.63, 3.8) is 0 Å². The van der Waals surface area contributed by atoms with Crippen LogP contribution < -0.4 is 4.57 Å². The summed E-state index contributed by atoms with van der Waals surface area (Å²) in [6.07, 6.45) is 7.98. The Balaban J connectivity index is 2.30. The smallest absolute Gasteiger partial charge is 0.176 e. The van der Waals surface area contributed by atoms with Gasteiger partial charge >= 0.3 is 0 Å². The van der Waals surface area contributed by atoms with Crippen molar-refractivity contribution in [1.29, 1.82) is 0 Å². The molecule has 0 saturated heterocycles. The van der Waals surface area contributed by atoms with Gasteiger partial charge in [0.2, 0.25) is 0 Å². The Hall–Kier alpha value is -2.22. The molecule has 0 aliphatic carbocycles. The number of aromatic nitrogens is 2. The second-order valence-corrected chi connectivity index (χ2v) is 4.17. The Bertz CT molecular complexity index is 669. The molecular formula is C15H13N2+. The maximum atomic E-state index is 4.31. The first-order valence-electron chi connectivity index (χ1n) is 5.63. The van der Waals surface area contributed by atoms with Gasteiger partial charge in [0.15, 0.2) is 12.4 Å². The third kappa shape index (κ3) is 1.78. The predicted octanol–water partition coefficient (Wildman–Crippen LogP) is 2.73. The van der Waals surface area contributed by atoms with E-state index >= 15 is 0 Å². The highest BCUT2D eigenvalue weighted by atomic mass is 14.9. The van der Waals surface area contributed by atoms with Gasteiger partial charge in [0.25, 0.3) is 0 Å². The van der Waals surface area contributed by atoms with Crippen molar-refractivity contribution in [2.45, 2.75) is 0 Å². The Labute approximate surface area is 100 Å². The molecule has 3 aromatic rings. The van der Waals surface area contributed by atoms with Crippen LogP contribution in [0.15, 0.2) is 61.2 Å². The van der Waals surface area contributed by atoms with E-state index in [9.17, 15) is 0 Å². The molecule has 0 unspecified atom stereocenters. The zero-order chi connectivity index (χ0) is 11.7. The summed E-state index contributed by atoms with van der Waals surface area (Å²) in [5, 5.41) is 2.42. The average Bonchev–Trinajstić information content (AvgIpc) is 2.38. The van der Waals surface area contributed by atoms with Gasteiger partial charge in [-0.05, 0) is 11.5 Å². The van der Waals surface area contributed by atoms with Crippen LogP contribution >= 0.6 is 0 Å². The summed E-state index contributed by atoms with van der Waals surface area (Å²) in [5.41, 5.74) is 2.37. The predicted molar refractivity (Wildman–Crippen MR) is 68.4 cm³/mol. The minimum atomic E-state index is 1.18. The number of aryl methyl sites for hydroxylation is 1. The Morgan fingerprint density at radius 3 is 2.76 bits per heavy atom. The first-order valence-corrected chi connectivity index (χ1v) is 5.63. The molecule has 17 heavy (non-hydrogen) atoms. The van der Waals surface area contributed by atoms with Crippen LogP contribution in [0.25, 0.3) is 21.9 Å². The van der Waals surface area contributed by atoms with Crippen molar-refractivity contribution in [2.75, 3.05) is 0 Å². The number of rotatable bonds is 1. The zero-order valence-electron chi connectivity index (χ0n) is 9.67. The highest BCUT2D eigenvalue weighted by molar-refractivity contribution is 5.95. The maximum Gasteiger partial charge on any atom is 0.176 e. The Kier molecular flexibility index (Phi) is 2.33. The number of nitrogens with zero attached hydrogens (tertiary/aromatic N) is 2. The summed E-state index contributed by atoms with van der Waals surface area (Å²) < 4.78 is 2.05. The van der Waals surface area contributed by atoms with Gasteiger partial charge in [0.05, 0.1) is 0 Å². The van der Waals surface area contributed by atoms with Gasteiger partial charge in [-0.2, -0.15) is 0 Å². The molecule has 2 heterocycles. The number of benzene rings is 1. The lowest BCUT2D eigenvalue weighted by molar-refractivity contribution is -0.671. The molecule has 3 rings (SSSR count). The highest BCUT2D eigenvalue weighted by Crippen LogP contribution is 2.26. The lowest BCUT2D eigenvalue weighted by atomic mass is 10.0. The van der Waals surface area contributed by atoms with Gasteiger partial charge < -0.3 is 0 Å².